The number of halogens is 3. The van der Waals surface area contributed by atoms with Gasteiger partial charge in [-0.25, -0.2) is 4.98 Å². The van der Waals surface area contributed by atoms with E-state index >= 15 is 0 Å². The van der Waals surface area contributed by atoms with Gasteiger partial charge < -0.3 is 14.5 Å². The molecule has 1 fully saturated rings. The van der Waals surface area contributed by atoms with Crippen LogP contribution in [-0.4, -0.2) is 39.4 Å². The number of rotatable bonds is 3. The van der Waals surface area contributed by atoms with Crippen molar-refractivity contribution in [1.82, 2.24) is 15.1 Å². The molecule has 6 nitrogen and oxygen atoms in total. The maximum absolute atomic E-state index is 12.9. The zero-order chi connectivity index (χ0) is 19.7. The molecule has 3 aromatic rings. The Morgan fingerprint density at radius 2 is 2.00 bits per heavy atom. The lowest BCUT2D eigenvalue weighted by molar-refractivity contribution is -0.137. The first-order chi connectivity index (χ1) is 13.4. The summed E-state index contributed by atoms with van der Waals surface area (Å²) in [5.74, 6) is 0.981. The number of aliphatic hydroxyl groups excluding tert-OH is 1. The van der Waals surface area contributed by atoms with Crippen molar-refractivity contribution in [2.75, 3.05) is 18.0 Å². The molecule has 2 aromatic heterocycles. The van der Waals surface area contributed by atoms with Crippen LogP contribution in [0.5, 0.6) is 0 Å². The maximum Gasteiger partial charge on any atom is 0.416 e. The summed E-state index contributed by atoms with van der Waals surface area (Å²) in [6.07, 6.45) is -1.55. The maximum atomic E-state index is 12.9. The number of aliphatic hydroxyl groups is 1. The number of aromatic nitrogens is 3. The van der Waals surface area contributed by atoms with Gasteiger partial charge in [0.15, 0.2) is 0 Å². The van der Waals surface area contributed by atoms with E-state index in [4.69, 9.17) is 4.52 Å². The summed E-state index contributed by atoms with van der Waals surface area (Å²) in [6.45, 7) is 1.36. The fraction of sp³-hybridized carbons (Fsp3) is 0.316. The molecule has 3 heterocycles. The van der Waals surface area contributed by atoms with Crippen LogP contribution in [-0.2, 0) is 6.18 Å². The van der Waals surface area contributed by atoms with Crippen LogP contribution >= 0.6 is 0 Å². The lowest BCUT2D eigenvalue weighted by Crippen LogP contribution is -2.38. The Morgan fingerprint density at radius 1 is 1.14 bits per heavy atom. The van der Waals surface area contributed by atoms with E-state index in [2.05, 4.69) is 15.1 Å². The summed E-state index contributed by atoms with van der Waals surface area (Å²) in [5, 5.41) is 13.6. The third kappa shape index (κ3) is 3.84. The molecular weight excluding hydrogens is 373 g/mol. The van der Waals surface area contributed by atoms with Crippen LogP contribution in [0.1, 0.15) is 18.4 Å². The summed E-state index contributed by atoms with van der Waals surface area (Å²) in [5.41, 5.74) is 0.00910. The summed E-state index contributed by atoms with van der Waals surface area (Å²) in [7, 11) is 0. The first kappa shape index (κ1) is 18.4. The molecule has 1 saturated heterocycles. The lowest BCUT2D eigenvalue weighted by Gasteiger charge is -2.30. The fourth-order valence-corrected chi connectivity index (χ4v) is 3.16. The highest BCUT2D eigenvalue weighted by Crippen LogP contribution is 2.32. The molecule has 146 valence electrons. The monoisotopic (exact) mass is 390 g/mol. The smallest absolute Gasteiger partial charge is 0.391 e. The number of benzene rings is 1. The van der Waals surface area contributed by atoms with Crippen molar-refractivity contribution in [2.45, 2.75) is 25.1 Å². The number of hydrogen-bond acceptors (Lipinski definition) is 6. The third-order valence-electron chi connectivity index (χ3n) is 4.59. The average Bonchev–Trinajstić information content (AvgIpc) is 3.18. The molecule has 0 amide bonds. The van der Waals surface area contributed by atoms with E-state index in [1.54, 1.807) is 18.3 Å². The number of nitrogens with zero attached hydrogens (tertiary/aromatic N) is 4. The Bertz CT molecular complexity index is 956. The molecular formula is C19H17F3N4O2. The van der Waals surface area contributed by atoms with Gasteiger partial charge in [-0.3, -0.25) is 0 Å². The predicted octanol–water partition coefficient (Wildman–Crippen LogP) is 3.78. The molecule has 0 bridgehead atoms. The first-order valence-corrected chi connectivity index (χ1v) is 8.81. The molecule has 0 spiro atoms. The van der Waals surface area contributed by atoms with Crippen molar-refractivity contribution in [3.05, 3.63) is 48.2 Å². The van der Waals surface area contributed by atoms with E-state index in [1.165, 1.54) is 12.1 Å². The second-order valence-electron chi connectivity index (χ2n) is 6.65. The van der Waals surface area contributed by atoms with Crippen LogP contribution < -0.4 is 4.90 Å². The number of alkyl halides is 3. The predicted molar refractivity (Wildman–Crippen MR) is 95.4 cm³/mol. The quantitative estimate of drug-likeness (QED) is 0.734. The molecule has 9 heteroatoms. The van der Waals surface area contributed by atoms with Gasteiger partial charge in [-0.1, -0.05) is 17.3 Å². The standard InChI is InChI=1S/C19H17F3N4O2/c20-19(21,22)14-4-1-3-12(9-14)17-24-18(28-25-17)13-6-7-16(23-10-13)26-8-2-5-15(27)11-26/h1,3-4,6-7,9-10,15,27H,2,5,8,11H2/t15-/m1/s1. The van der Waals surface area contributed by atoms with Gasteiger partial charge in [0.05, 0.1) is 17.2 Å². The van der Waals surface area contributed by atoms with Crippen LogP contribution in [0.25, 0.3) is 22.8 Å². The van der Waals surface area contributed by atoms with E-state index in [0.717, 1.165) is 37.3 Å². The molecule has 1 aliphatic heterocycles. The molecule has 4 rings (SSSR count). The van der Waals surface area contributed by atoms with Crippen LogP contribution in [0.3, 0.4) is 0 Å². The molecule has 1 aromatic carbocycles. The van der Waals surface area contributed by atoms with Crippen molar-refractivity contribution >= 4 is 5.82 Å². The highest BCUT2D eigenvalue weighted by molar-refractivity contribution is 5.61. The number of pyridine rings is 1. The van der Waals surface area contributed by atoms with E-state index in [1.807, 2.05) is 4.90 Å². The molecule has 1 atom stereocenters. The van der Waals surface area contributed by atoms with Crippen molar-refractivity contribution in [1.29, 1.82) is 0 Å². The van der Waals surface area contributed by atoms with Crippen LogP contribution in [0.15, 0.2) is 47.1 Å². The largest absolute Gasteiger partial charge is 0.416 e. The Balaban J connectivity index is 1.55. The summed E-state index contributed by atoms with van der Waals surface area (Å²) in [6, 6.07) is 8.32. The van der Waals surface area contributed by atoms with Gasteiger partial charge in [0.1, 0.15) is 5.82 Å². The first-order valence-electron chi connectivity index (χ1n) is 8.81. The minimum Gasteiger partial charge on any atom is -0.391 e. The summed E-state index contributed by atoms with van der Waals surface area (Å²) in [4.78, 5) is 10.6. The van der Waals surface area contributed by atoms with E-state index in [9.17, 15) is 18.3 Å². The number of piperidine rings is 1. The Kier molecular flexibility index (Phi) is 4.76. The van der Waals surface area contributed by atoms with Crippen molar-refractivity contribution in [3.63, 3.8) is 0 Å². The molecule has 1 aliphatic rings. The lowest BCUT2D eigenvalue weighted by atomic mass is 10.1. The SMILES string of the molecule is O[C@@H]1CCCN(c2ccc(-c3nc(-c4cccc(C(F)(F)F)c4)no3)cn2)C1. The molecule has 1 N–H and O–H groups in total. The number of anilines is 1. The molecule has 0 aliphatic carbocycles. The van der Waals surface area contributed by atoms with Crippen molar-refractivity contribution in [3.8, 4) is 22.8 Å². The van der Waals surface area contributed by atoms with Gasteiger partial charge in [0.2, 0.25) is 5.82 Å². The average molecular weight is 390 g/mol. The number of β-amino-alcohol motifs (C(OH)–C–C–N with tert-alkyl or cyclic N) is 1. The van der Waals surface area contributed by atoms with Crippen molar-refractivity contribution in [2.24, 2.45) is 0 Å². The summed E-state index contributed by atoms with van der Waals surface area (Å²) < 4.78 is 43.8. The Hall–Kier alpha value is -2.94. The normalized spacial score (nSPS) is 17.7. The molecule has 28 heavy (non-hydrogen) atoms. The van der Waals surface area contributed by atoms with Gasteiger partial charge in [0.25, 0.3) is 5.89 Å². The minimum atomic E-state index is -4.44. The van der Waals surface area contributed by atoms with Crippen LogP contribution in [0, 0.1) is 0 Å². The van der Waals surface area contributed by atoms with E-state index in [0.29, 0.717) is 12.1 Å². The molecule has 0 unspecified atom stereocenters. The third-order valence-corrected chi connectivity index (χ3v) is 4.59. The highest BCUT2D eigenvalue weighted by atomic mass is 19.4. The molecule has 0 saturated carbocycles. The van der Waals surface area contributed by atoms with Gasteiger partial charge in [-0.15, -0.1) is 0 Å². The van der Waals surface area contributed by atoms with Crippen molar-refractivity contribution < 1.29 is 22.8 Å². The highest BCUT2D eigenvalue weighted by Gasteiger charge is 2.30. The molecule has 0 radical (unpaired) electrons. The summed E-state index contributed by atoms with van der Waals surface area (Å²) >= 11 is 0. The zero-order valence-electron chi connectivity index (χ0n) is 14.7. The second-order valence-corrected chi connectivity index (χ2v) is 6.65. The Morgan fingerprint density at radius 3 is 2.71 bits per heavy atom. The van der Waals surface area contributed by atoms with Gasteiger partial charge in [-0.2, -0.15) is 18.2 Å². The van der Waals surface area contributed by atoms with E-state index < -0.39 is 11.7 Å². The van der Waals surface area contributed by atoms with Gasteiger partial charge in [-0.05, 0) is 37.1 Å². The van der Waals surface area contributed by atoms with Crippen LogP contribution in [0.2, 0.25) is 0 Å². The van der Waals surface area contributed by atoms with Crippen LogP contribution in [0.4, 0.5) is 19.0 Å². The fourth-order valence-electron chi connectivity index (χ4n) is 3.16. The van der Waals surface area contributed by atoms with Gasteiger partial charge >= 0.3 is 6.18 Å². The minimum absolute atomic E-state index is 0.0735. The number of hydrogen-bond donors (Lipinski definition) is 1. The van der Waals surface area contributed by atoms with Gasteiger partial charge in [0, 0.05) is 24.8 Å². The topological polar surface area (TPSA) is 75.3 Å². The zero-order valence-corrected chi connectivity index (χ0v) is 14.7. The second kappa shape index (κ2) is 7.23. The Labute approximate surface area is 158 Å². The van der Waals surface area contributed by atoms with E-state index in [-0.39, 0.29) is 23.4 Å².